The van der Waals surface area contributed by atoms with Gasteiger partial charge in [0.1, 0.15) is 5.60 Å². The molecule has 0 saturated heterocycles. The zero-order valence-electron chi connectivity index (χ0n) is 9.57. The lowest BCUT2D eigenvalue weighted by molar-refractivity contribution is -0.159. The van der Waals surface area contributed by atoms with Gasteiger partial charge in [0.15, 0.2) is 0 Å². The molecule has 0 aliphatic rings. The Morgan fingerprint density at radius 1 is 1.40 bits per heavy atom. The van der Waals surface area contributed by atoms with E-state index in [9.17, 15) is 9.59 Å². The summed E-state index contributed by atoms with van der Waals surface area (Å²) in [5.41, 5.74) is -0.556. The monoisotopic (exact) mass is 234 g/mol. The molecular weight excluding hydrogens is 216 g/mol. The highest BCUT2D eigenvalue weighted by Gasteiger charge is 2.24. The number of carbonyl (C=O) groups excluding carboxylic acids is 1. The van der Waals surface area contributed by atoms with Gasteiger partial charge in [-0.05, 0) is 27.0 Å². The van der Waals surface area contributed by atoms with Crippen LogP contribution in [0, 0.1) is 5.92 Å². The molecule has 0 aromatic heterocycles. The molecule has 0 aliphatic heterocycles. The minimum Gasteiger partial charge on any atom is -0.481 e. The van der Waals surface area contributed by atoms with Gasteiger partial charge >= 0.3 is 11.9 Å². The van der Waals surface area contributed by atoms with Gasteiger partial charge in [0, 0.05) is 5.75 Å². The fourth-order valence-electron chi connectivity index (χ4n) is 1.00. The van der Waals surface area contributed by atoms with Crippen LogP contribution in [0.5, 0.6) is 0 Å². The maximum absolute atomic E-state index is 11.4. The summed E-state index contributed by atoms with van der Waals surface area (Å²) in [5, 5.41) is 8.83. The van der Waals surface area contributed by atoms with Crippen LogP contribution in [-0.4, -0.2) is 34.7 Å². The molecule has 1 unspecified atom stereocenters. The summed E-state index contributed by atoms with van der Waals surface area (Å²) >= 11 is 1.41. The Balaban J connectivity index is 4.18. The summed E-state index contributed by atoms with van der Waals surface area (Å²) in [6, 6.07) is 0. The number of carboxylic acids is 1. The van der Waals surface area contributed by atoms with Crippen molar-refractivity contribution in [1.29, 1.82) is 0 Å². The van der Waals surface area contributed by atoms with E-state index in [0.717, 1.165) is 0 Å². The first-order chi connectivity index (χ1) is 6.76. The Hall–Kier alpha value is -0.710. The van der Waals surface area contributed by atoms with Crippen molar-refractivity contribution in [3.63, 3.8) is 0 Å². The van der Waals surface area contributed by atoms with Crippen molar-refractivity contribution in [3.8, 4) is 0 Å². The van der Waals surface area contributed by atoms with Crippen molar-refractivity contribution in [2.75, 3.05) is 12.0 Å². The maximum Gasteiger partial charge on any atom is 0.307 e. The molecule has 0 saturated carbocycles. The van der Waals surface area contributed by atoms with Gasteiger partial charge in [-0.3, -0.25) is 9.59 Å². The molecule has 15 heavy (non-hydrogen) atoms. The molecule has 0 aliphatic carbocycles. The molecule has 0 aromatic carbocycles. The predicted molar refractivity (Wildman–Crippen MR) is 60.0 cm³/mol. The van der Waals surface area contributed by atoms with Crippen LogP contribution >= 0.6 is 11.8 Å². The number of esters is 1. The van der Waals surface area contributed by atoms with E-state index in [4.69, 9.17) is 9.84 Å². The summed E-state index contributed by atoms with van der Waals surface area (Å²) < 4.78 is 5.05. The minimum absolute atomic E-state index is 0.0621. The van der Waals surface area contributed by atoms with Crippen LogP contribution in [0.4, 0.5) is 0 Å². The number of hydrogen-bond acceptors (Lipinski definition) is 4. The van der Waals surface area contributed by atoms with E-state index < -0.39 is 23.5 Å². The molecule has 5 heteroatoms. The Bertz CT molecular complexity index is 232. The fraction of sp³-hybridized carbons (Fsp3) is 0.800. The Morgan fingerprint density at radius 3 is 2.27 bits per heavy atom. The lowest BCUT2D eigenvalue weighted by Gasteiger charge is -2.20. The average molecular weight is 234 g/mol. The summed E-state index contributed by atoms with van der Waals surface area (Å²) in [4.78, 5) is 22.1. The van der Waals surface area contributed by atoms with Gasteiger partial charge in [-0.25, -0.2) is 0 Å². The molecule has 0 fully saturated rings. The second-order valence-electron chi connectivity index (χ2n) is 4.28. The molecule has 0 spiro atoms. The average Bonchev–Trinajstić information content (AvgIpc) is 1.99. The first kappa shape index (κ1) is 14.3. The van der Waals surface area contributed by atoms with E-state index in [1.807, 2.05) is 6.26 Å². The van der Waals surface area contributed by atoms with E-state index >= 15 is 0 Å². The van der Waals surface area contributed by atoms with E-state index in [1.165, 1.54) is 11.8 Å². The van der Waals surface area contributed by atoms with Gasteiger partial charge in [0.2, 0.25) is 0 Å². The van der Waals surface area contributed by atoms with Gasteiger partial charge < -0.3 is 9.84 Å². The van der Waals surface area contributed by atoms with Crippen LogP contribution in [0.1, 0.15) is 27.2 Å². The smallest absolute Gasteiger partial charge is 0.307 e. The Kier molecular flexibility index (Phi) is 5.72. The topological polar surface area (TPSA) is 63.6 Å². The molecule has 4 nitrogen and oxygen atoms in total. The number of rotatable bonds is 5. The molecule has 0 amide bonds. The number of carboxylic acid groups (broad SMARTS) is 1. The standard InChI is InChI=1S/C10H18O4S/c1-10(2,3)14-8(11)5-7(6-15-4)9(12)13/h7H,5-6H2,1-4H3,(H,12,13). The quantitative estimate of drug-likeness (QED) is 0.735. The highest BCUT2D eigenvalue weighted by molar-refractivity contribution is 7.98. The zero-order valence-corrected chi connectivity index (χ0v) is 10.4. The molecule has 0 heterocycles. The molecule has 0 radical (unpaired) electrons. The molecular formula is C10H18O4S. The van der Waals surface area contributed by atoms with Crippen molar-refractivity contribution in [2.24, 2.45) is 5.92 Å². The van der Waals surface area contributed by atoms with Crippen LogP contribution in [-0.2, 0) is 14.3 Å². The third-order valence-electron chi connectivity index (χ3n) is 1.55. The highest BCUT2D eigenvalue weighted by Crippen LogP contribution is 2.15. The molecule has 0 bridgehead atoms. The SMILES string of the molecule is CSCC(CC(=O)OC(C)(C)C)C(=O)O. The number of aliphatic carboxylic acids is 1. The van der Waals surface area contributed by atoms with Crippen LogP contribution in [0.25, 0.3) is 0 Å². The number of thioether (sulfide) groups is 1. The summed E-state index contributed by atoms with van der Waals surface area (Å²) in [6.07, 6.45) is 1.75. The van der Waals surface area contributed by atoms with E-state index in [-0.39, 0.29) is 6.42 Å². The van der Waals surface area contributed by atoms with Crippen molar-refractivity contribution < 1.29 is 19.4 Å². The molecule has 1 N–H and O–H groups in total. The minimum atomic E-state index is -0.949. The first-order valence-electron chi connectivity index (χ1n) is 4.70. The normalized spacial score (nSPS) is 13.3. The lowest BCUT2D eigenvalue weighted by atomic mass is 10.1. The lowest BCUT2D eigenvalue weighted by Crippen LogP contribution is -2.28. The van der Waals surface area contributed by atoms with E-state index in [1.54, 1.807) is 20.8 Å². The fourth-order valence-corrected chi connectivity index (χ4v) is 1.67. The van der Waals surface area contributed by atoms with Crippen molar-refractivity contribution in [1.82, 2.24) is 0 Å². The Morgan fingerprint density at radius 2 is 1.93 bits per heavy atom. The number of carbonyl (C=O) groups is 2. The predicted octanol–water partition coefficient (Wildman–Crippen LogP) is 1.78. The zero-order chi connectivity index (χ0) is 12.1. The molecule has 1 atom stereocenters. The first-order valence-corrected chi connectivity index (χ1v) is 6.09. The van der Waals surface area contributed by atoms with Crippen LogP contribution in [0.15, 0.2) is 0 Å². The largest absolute Gasteiger partial charge is 0.481 e. The van der Waals surface area contributed by atoms with Gasteiger partial charge in [-0.1, -0.05) is 0 Å². The third-order valence-corrected chi connectivity index (χ3v) is 2.29. The van der Waals surface area contributed by atoms with Gasteiger partial charge in [0.05, 0.1) is 12.3 Å². The summed E-state index contributed by atoms with van der Waals surface area (Å²) in [5.74, 6) is -1.64. The van der Waals surface area contributed by atoms with Crippen LogP contribution in [0.2, 0.25) is 0 Å². The van der Waals surface area contributed by atoms with Crippen molar-refractivity contribution in [3.05, 3.63) is 0 Å². The molecule has 0 aromatic rings. The van der Waals surface area contributed by atoms with Gasteiger partial charge in [0.25, 0.3) is 0 Å². The highest BCUT2D eigenvalue weighted by atomic mass is 32.2. The second-order valence-corrected chi connectivity index (χ2v) is 5.19. The number of ether oxygens (including phenoxy) is 1. The maximum atomic E-state index is 11.4. The summed E-state index contributed by atoms with van der Waals surface area (Å²) in [7, 11) is 0. The van der Waals surface area contributed by atoms with Gasteiger partial charge in [-0.2, -0.15) is 11.8 Å². The van der Waals surface area contributed by atoms with Gasteiger partial charge in [-0.15, -0.1) is 0 Å². The number of hydrogen-bond donors (Lipinski definition) is 1. The molecule has 88 valence electrons. The van der Waals surface area contributed by atoms with E-state index in [0.29, 0.717) is 5.75 Å². The van der Waals surface area contributed by atoms with Crippen molar-refractivity contribution >= 4 is 23.7 Å². The van der Waals surface area contributed by atoms with E-state index in [2.05, 4.69) is 0 Å². The summed E-state index contributed by atoms with van der Waals surface area (Å²) in [6.45, 7) is 5.28. The molecule has 0 rings (SSSR count). The van der Waals surface area contributed by atoms with Crippen LogP contribution in [0.3, 0.4) is 0 Å². The third kappa shape index (κ3) is 7.25. The second kappa shape index (κ2) is 6.00. The van der Waals surface area contributed by atoms with Crippen molar-refractivity contribution in [2.45, 2.75) is 32.8 Å². The van der Waals surface area contributed by atoms with Crippen LogP contribution < -0.4 is 0 Å². The Labute approximate surface area is 94.4 Å².